The van der Waals surface area contributed by atoms with Gasteiger partial charge in [-0.1, -0.05) is 24.3 Å². The zero-order chi connectivity index (χ0) is 19.8. The third-order valence-corrected chi connectivity index (χ3v) is 5.73. The molecule has 1 aliphatic heterocycles. The summed E-state index contributed by atoms with van der Waals surface area (Å²) in [5, 5.41) is 8.07. The molecule has 4 rings (SSSR count). The normalized spacial score (nSPS) is 21.1. The van der Waals surface area contributed by atoms with Crippen molar-refractivity contribution >= 4 is 5.78 Å². The Bertz CT molecular complexity index is 860. The molecule has 0 atom stereocenters. The molecule has 5 nitrogen and oxygen atoms in total. The van der Waals surface area contributed by atoms with Crippen LogP contribution in [0, 0.1) is 6.92 Å². The van der Waals surface area contributed by atoms with E-state index in [1.165, 1.54) is 0 Å². The zero-order valence-corrected chi connectivity index (χ0v) is 15.8. The summed E-state index contributed by atoms with van der Waals surface area (Å²) in [6.45, 7) is 3.04. The van der Waals surface area contributed by atoms with Crippen LogP contribution < -0.4 is 0 Å². The van der Waals surface area contributed by atoms with Crippen molar-refractivity contribution in [3.8, 4) is 11.3 Å². The average molecular weight is 387 g/mol. The highest BCUT2D eigenvalue weighted by Crippen LogP contribution is 2.42. The Morgan fingerprint density at radius 1 is 1.14 bits per heavy atom. The van der Waals surface area contributed by atoms with Gasteiger partial charge in [0.15, 0.2) is 5.78 Å². The Kier molecular flexibility index (Phi) is 4.97. The van der Waals surface area contributed by atoms with E-state index in [9.17, 15) is 13.6 Å². The first-order chi connectivity index (χ1) is 13.4. The molecule has 0 N–H and O–H groups in total. The molecule has 148 valence electrons. The maximum Gasteiger partial charge on any atom is 0.248 e. The molecule has 1 aromatic carbocycles. The molecule has 2 heterocycles. The SMILES string of the molecule is Cc1ccnnc1-c1ccc(C(=O)CN2COC3(CCC(F)(F)CC3)C2)cc1. The van der Waals surface area contributed by atoms with Crippen molar-refractivity contribution in [2.45, 2.75) is 44.1 Å². The third-order valence-electron chi connectivity index (χ3n) is 5.73. The van der Waals surface area contributed by atoms with Crippen LogP contribution in [-0.2, 0) is 4.74 Å². The van der Waals surface area contributed by atoms with Gasteiger partial charge in [0.05, 0.1) is 17.8 Å². The number of rotatable bonds is 4. The van der Waals surface area contributed by atoms with Crippen LogP contribution in [0.4, 0.5) is 8.78 Å². The highest BCUT2D eigenvalue weighted by atomic mass is 19.3. The van der Waals surface area contributed by atoms with E-state index in [-0.39, 0.29) is 25.2 Å². The number of carbonyl (C=O) groups excluding carboxylic acids is 1. The molecule has 7 heteroatoms. The predicted molar refractivity (Wildman–Crippen MR) is 100 cm³/mol. The summed E-state index contributed by atoms with van der Waals surface area (Å²) >= 11 is 0. The number of hydrogen-bond acceptors (Lipinski definition) is 5. The lowest BCUT2D eigenvalue weighted by atomic mass is 9.82. The van der Waals surface area contributed by atoms with Gasteiger partial charge in [0.2, 0.25) is 5.92 Å². The van der Waals surface area contributed by atoms with Crippen molar-refractivity contribution < 1.29 is 18.3 Å². The van der Waals surface area contributed by atoms with Gasteiger partial charge >= 0.3 is 0 Å². The van der Waals surface area contributed by atoms with Crippen LogP contribution in [0.1, 0.15) is 41.6 Å². The number of aromatic nitrogens is 2. The summed E-state index contributed by atoms with van der Waals surface area (Å²) in [6.07, 6.45) is 2.05. The molecule has 1 aliphatic carbocycles. The van der Waals surface area contributed by atoms with Crippen molar-refractivity contribution in [3.05, 3.63) is 47.7 Å². The van der Waals surface area contributed by atoms with Crippen LogP contribution >= 0.6 is 0 Å². The Morgan fingerprint density at radius 3 is 2.54 bits per heavy atom. The summed E-state index contributed by atoms with van der Waals surface area (Å²) in [4.78, 5) is 14.6. The van der Waals surface area contributed by atoms with Crippen LogP contribution in [0.3, 0.4) is 0 Å². The van der Waals surface area contributed by atoms with Gasteiger partial charge in [-0.05, 0) is 31.4 Å². The molecule has 0 bridgehead atoms. The molecular weight excluding hydrogens is 364 g/mol. The molecule has 1 aromatic heterocycles. The summed E-state index contributed by atoms with van der Waals surface area (Å²) in [7, 11) is 0. The largest absolute Gasteiger partial charge is 0.358 e. The van der Waals surface area contributed by atoms with E-state index in [1.807, 2.05) is 30.0 Å². The number of ketones is 1. The quantitative estimate of drug-likeness (QED) is 0.746. The van der Waals surface area contributed by atoms with Gasteiger partial charge in [0.25, 0.3) is 0 Å². The van der Waals surface area contributed by atoms with E-state index in [0.717, 1.165) is 16.8 Å². The second kappa shape index (κ2) is 7.29. The van der Waals surface area contributed by atoms with Crippen LogP contribution in [-0.4, -0.2) is 52.2 Å². The van der Waals surface area contributed by atoms with E-state index in [4.69, 9.17) is 4.74 Å². The smallest absolute Gasteiger partial charge is 0.248 e. The second-order valence-corrected chi connectivity index (χ2v) is 7.86. The Morgan fingerprint density at radius 2 is 1.86 bits per heavy atom. The molecule has 0 unspecified atom stereocenters. The van der Waals surface area contributed by atoms with Gasteiger partial charge in [-0.2, -0.15) is 10.2 Å². The van der Waals surface area contributed by atoms with Gasteiger partial charge in [-0.25, -0.2) is 8.78 Å². The highest BCUT2D eigenvalue weighted by molar-refractivity contribution is 5.98. The zero-order valence-electron chi connectivity index (χ0n) is 15.8. The monoisotopic (exact) mass is 387 g/mol. The highest BCUT2D eigenvalue weighted by Gasteiger charge is 2.47. The van der Waals surface area contributed by atoms with Crippen LogP contribution in [0.2, 0.25) is 0 Å². The Hall–Kier alpha value is -2.25. The minimum atomic E-state index is -2.58. The van der Waals surface area contributed by atoms with Crippen molar-refractivity contribution in [2.75, 3.05) is 19.8 Å². The third kappa shape index (κ3) is 3.95. The number of alkyl halides is 2. The van der Waals surface area contributed by atoms with Crippen LogP contribution in [0.5, 0.6) is 0 Å². The van der Waals surface area contributed by atoms with E-state index < -0.39 is 11.5 Å². The molecule has 0 radical (unpaired) electrons. The fourth-order valence-electron chi connectivity index (χ4n) is 3.99. The molecule has 1 saturated heterocycles. The van der Waals surface area contributed by atoms with Gasteiger partial charge in [0, 0.05) is 36.7 Å². The van der Waals surface area contributed by atoms with E-state index >= 15 is 0 Å². The summed E-state index contributed by atoms with van der Waals surface area (Å²) in [5.74, 6) is -2.59. The average Bonchev–Trinajstić information content (AvgIpc) is 3.08. The number of Topliss-reactive ketones (excluding diaryl/α,β-unsaturated/α-hetero) is 1. The molecular formula is C21H23F2N3O2. The van der Waals surface area contributed by atoms with E-state index in [1.54, 1.807) is 18.3 Å². The minimum Gasteiger partial charge on any atom is -0.358 e. The molecule has 1 spiro atoms. The number of nitrogens with zero attached hydrogens (tertiary/aromatic N) is 3. The number of aryl methyl sites for hydroxylation is 1. The van der Waals surface area contributed by atoms with Gasteiger partial charge in [0.1, 0.15) is 6.73 Å². The van der Waals surface area contributed by atoms with Crippen molar-refractivity contribution in [3.63, 3.8) is 0 Å². The topological polar surface area (TPSA) is 55.3 Å². The Balaban J connectivity index is 1.38. The summed E-state index contributed by atoms with van der Waals surface area (Å²) < 4.78 is 32.7. The van der Waals surface area contributed by atoms with E-state index in [2.05, 4.69) is 10.2 Å². The minimum absolute atomic E-state index is 0.00999. The number of halogens is 2. The number of ether oxygens (including phenoxy) is 1. The molecule has 2 aromatic rings. The maximum absolute atomic E-state index is 13.4. The van der Waals surface area contributed by atoms with Gasteiger partial charge < -0.3 is 4.74 Å². The van der Waals surface area contributed by atoms with Crippen LogP contribution in [0.25, 0.3) is 11.3 Å². The molecule has 1 saturated carbocycles. The first-order valence-corrected chi connectivity index (χ1v) is 9.52. The maximum atomic E-state index is 13.4. The number of benzene rings is 1. The summed E-state index contributed by atoms with van der Waals surface area (Å²) in [5.41, 5.74) is 2.82. The predicted octanol–water partition coefficient (Wildman–Crippen LogP) is 3.87. The first kappa shape index (κ1) is 19.1. The first-order valence-electron chi connectivity index (χ1n) is 9.52. The number of hydrogen-bond donors (Lipinski definition) is 0. The van der Waals surface area contributed by atoms with Crippen molar-refractivity contribution in [1.82, 2.24) is 15.1 Å². The lowest BCUT2D eigenvalue weighted by molar-refractivity contribution is -0.107. The molecule has 2 fully saturated rings. The van der Waals surface area contributed by atoms with E-state index in [0.29, 0.717) is 31.7 Å². The van der Waals surface area contributed by atoms with Crippen molar-refractivity contribution in [1.29, 1.82) is 0 Å². The standard InChI is InChI=1S/C21H23F2N3O2/c1-15-6-11-24-25-19(15)17-4-2-16(3-5-17)18(27)12-26-13-20(28-14-26)7-9-21(22,23)10-8-20/h2-6,11H,7-10,12-14H2,1H3. The van der Waals surface area contributed by atoms with Crippen LogP contribution in [0.15, 0.2) is 36.5 Å². The number of carbonyl (C=O) groups is 1. The fraction of sp³-hybridized carbons (Fsp3) is 0.476. The Labute approximate surface area is 162 Å². The lowest BCUT2D eigenvalue weighted by Gasteiger charge is -2.35. The van der Waals surface area contributed by atoms with Crippen molar-refractivity contribution in [2.24, 2.45) is 0 Å². The fourth-order valence-corrected chi connectivity index (χ4v) is 3.99. The summed E-state index contributed by atoms with van der Waals surface area (Å²) in [6, 6.07) is 9.22. The molecule has 28 heavy (non-hydrogen) atoms. The second-order valence-electron chi connectivity index (χ2n) is 7.86. The molecule has 2 aliphatic rings. The lowest BCUT2D eigenvalue weighted by Crippen LogP contribution is -2.42. The van der Waals surface area contributed by atoms with Gasteiger partial charge in [-0.15, -0.1) is 0 Å². The molecule has 0 amide bonds. The van der Waals surface area contributed by atoms with Gasteiger partial charge in [-0.3, -0.25) is 9.69 Å².